The Balaban J connectivity index is 1.51. The number of alkyl halides is 1. The number of benzene rings is 1. The van der Waals surface area contributed by atoms with Crippen molar-refractivity contribution in [3.8, 4) is 0 Å². The second-order valence-electron chi connectivity index (χ2n) is 13.1. The van der Waals surface area contributed by atoms with Crippen LogP contribution >= 0.6 is 15.9 Å². The molecule has 0 bridgehead atoms. The number of Topliss-reactive ketones (excluding diaryl/α,β-unsaturated/α-hetero) is 1. The van der Waals surface area contributed by atoms with Crippen LogP contribution in [0.15, 0.2) is 47.1 Å². The molecule has 4 aliphatic carbocycles. The molecular formula is C35H46BrNO4. The largest absolute Gasteiger partial charge is 0.451 e. The summed E-state index contributed by atoms with van der Waals surface area (Å²) < 4.78 is 6.06. The first-order chi connectivity index (χ1) is 19.6. The third-order valence-corrected chi connectivity index (χ3v) is 11.4. The molecule has 5 atom stereocenters. The Labute approximate surface area is 254 Å². The highest BCUT2D eigenvalue weighted by molar-refractivity contribution is 9.09. The van der Waals surface area contributed by atoms with E-state index in [-0.39, 0.29) is 29.4 Å². The number of ketones is 2. The molecule has 1 aromatic rings. The van der Waals surface area contributed by atoms with Crippen molar-refractivity contribution < 1.29 is 19.1 Å². The van der Waals surface area contributed by atoms with Gasteiger partial charge < -0.3 is 9.64 Å². The maximum Gasteiger partial charge on any atom is 0.303 e. The standard InChI is InChI=1S/C35H46BrNO4/c1-23(38)35(41-24(2)39)18-17-32-30-15-11-26-21-28(40)14-16-29(26)33(30)31(22-34(32,35)3)25-9-12-27(13-10-25)37(4)20-8-6-5-7-19-36/h9-10,12-13,21,30-32H,5-8,11,14-20,22H2,1-4H3. The summed E-state index contributed by atoms with van der Waals surface area (Å²) in [4.78, 5) is 40.4. The van der Waals surface area contributed by atoms with E-state index < -0.39 is 11.0 Å². The van der Waals surface area contributed by atoms with Crippen LogP contribution in [0.3, 0.4) is 0 Å². The molecule has 0 aromatic heterocycles. The van der Waals surface area contributed by atoms with Gasteiger partial charge >= 0.3 is 5.97 Å². The third kappa shape index (κ3) is 5.50. The van der Waals surface area contributed by atoms with Gasteiger partial charge in [0, 0.05) is 49.3 Å². The lowest BCUT2D eigenvalue weighted by atomic mass is 9.50. The van der Waals surface area contributed by atoms with Gasteiger partial charge in [0.05, 0.1) is 0 Å². The van der Waals surface area contributed by atoms with Crippen molar-refractivity contribution in [2.45, 2.75) is 103 Å². The number of fused-ring (bicyclic) bond motifs is 4. The minimum Gasteiger partial charge on any atom is -0.451 e. The van der Waals surface area contributed by atoms with E-state index in [9.17, 15) is 14.4 Å². The predicted molar refractivity (Wildman–Crippen MR) is 167 cm³/mol. The van der Waals surface area contributed by atoms with E-state index in [1.165, 1.54) is 60.6 Å². The van der Waals surface area contributed by atoms with Gasteiger partial charge in [0.2, 0.25) is 0 Å². The smallest absolute Gasteiger partial charge is 0.303 e. The topological polar surface area (TPSA) is 63.7 Å². The Morgan fingerprint density at radius 3 is 2.44 bits per heavy atom. The van der Waals surface area contributed by atoms with Gasteiger partial charge in [0.1, 0.15) is 0 Å². The van der Waals surface area contributed by atoms with E-state index in [2.05, 4.69) is 59.1 Å². The minimum absolute atomic E-state index is 0.0275. The van der Waals surface area contributed by atoms with Crippen LogP contribution in [0.1, 0.15) is 103 Å². The highest BCUT2D eigenvalue weighted by atomic mass is 79.9. The highest BCUT2D eigenvalue weighted by Gasteiger charge is 2.67. The van der Waals surface area contributed by atoms with Crippen molar-refractivity contribution in [2.24, 2.45) is 17.3 Å². The number of hydrogen-bond donors (Lipinski definition) is 0. The fourth-order valence-electron chi connectivity index (χ4n) is 8.90. The Kier molecular flexibility index (Phi) is 8.99. The summed E-state index contributed by atoms with van der Waals surface area (Å²) in [6.07, 6.45) is 12.3. The molecule has 5 nitrogen and oxygen atoms in total. The molecule has 0 N–H and O–H groups in total. The molecule has 1 aromatic carbocycles. The van der Waals surface area contributed by atoms with Crippen LogP contribution in [0.5, 0.6) is 0 Å². The van der Waals surface area contributed by atoms with E-state index in [0.29, 0.717) is 18.8 Å². The zero-order chi connectivity index (χ0) is 29.4. The molecular weight excluding hydrogens is 578 g/mol. The average Bonchev–Trinajstić information content (AvgIpc) is 3.24. The summed E-state index contributed by atoms with van der Waals surface area (Å²) >= 11 is 3.52. The molecule has 41 heavy (non-hydrogen) atoms. The lowest BCUT2D eigenvalue weighted by Gasteiger charge is -2.55. The molecule has 0 amide bonds. The number of nitrogens with zero attached hydrogens (tertiary/aromatic N) is 1. The zero-order valence-electron chi connectivity index (χ0n) is 25.3. The fourth-order valence-corrected chi connectivity index (χ4v) is 9.29. The Hall–Kier alpha value is -2.21. The number of anilines is 1. The number of allylic oxidation sites excluding steroid dienone is 4. The molecule has 0 radical (unpaired) electrons. The number of unbranched alkanes of at least 4 members (excludes halogenated alkanes) is 3. The highest BCUT2D eigenvalue weighted by Crippen LogP contribution is 2.67. The van der Waals surface area contributed by atoms with Gasteiger partial charge in [-0.3, -0.25) is 14.4 Å². The van der Waals surface area contributed by atoms with Crippen molar-refractivity contribution in [3.05, 3.63) is 52.6 Å². The van der Waals surface area contributed by atoms with E-state index in [0.717, 1.165) is 44.0 Å². The molecule has 2 saturated carbocycles. The molecule has 5 rings (SSSR count). The van der Waals surface area contributed by atoms with E-state index >= 15 is 0 Å². The van der Waals surface area contributed by atoms with Crippen LogP contribution in [-0.4, -0.2) is 42.1 Å². The van der Waals surface area contributed by atoms with Crippen LogP contribution in [0.4, 0.5) is 5.69 Å². The third-order valence-electron chi connectivity index (χ3n) is 10.9. The Morgan fingerprint density at radius 1 is 1.02 bits per heavy atom. The van der Waals surface area contributed by atoms with Gasteiger partial charge in [-0.05, 0) is 105 Å². The van der Waals surface area contributed by atoms with Crippen LogP contribution in [0.25, 0.3) is 0 Å². The van der Waals surface area contributed by atoms with Gasteiger partial charge in [-0.2, -0.15) is 0 Å². The van der Waals surface area contributed by atoms with Crippen LogP contribution < -0.4 is 4.90 Å². The van der Waals surface area contributed by atoms with Crippen LogP contribution in [0.2, 0.25) is 0 Å². The van der Waals surface area contributed by atoms with E-state index in [1.807, 2.05) is 6.08 Å². The molecule has 6 heteroatoms. The molecule has 0 heterocycles. The average molecular weight is 625 g/mol. The first-order valence-corrected chi connectivity index (χ1v) is 16.8. The number of esters is 1. The van der Waals surface area contributed by atoms with Crippen LogP contribution in [0, 0.1) is 17.3 Å². The zero-order valence-corrected chi connectivity index (χ0v) is 26.9. The Bertz CT molecular complexity index is 1250. The molecule has 0 spiro atoms. The number of rotatable bonds is 10. The summed E-state index contributed by atoms with van der Waals surface area (Å²) in [5, 5.41) is 1.08. The van der Waals surface area contributed by atoms with Crippen molar-refractivity contribution in [2.75, 3.05) is 23.8 Å². The molecule has 2 fully saturated rings. The molecule has 5 unspecified atom stereocenters. The monoisotopic (exact) mass is 623 g/mol. The quantitative estimate of drug-likeness (QED) is 0.151. The maximum absolute atomic E-state index is 13.4. The van der Waals surface area contributed by atoms with Crippen LogP contribution in [-0.2, 0) is 19.1 Å². The van der Waals surface area contributed by atoms with Crippen molar-refractivity contribution >= 4 is 39.2 Å². The Morgan fingerprint density at radius 2 is 1.76 bits per heavy atom. The van der Waals surface area contributed by atoms with Crippen molar-refractivity contribution in [1.29, 1.82) is 0 Å². The first kappa shape index (κ1) is 30.3. The second kappa shape index (κ2) is 12.2. The molecule has 0 saturated heterocycles. The van der Waals surface area contributed by atoms with Gasteiger partial charge in [0.15, 0.2) is 17.2 Å². The summed E-state index contributed by atoms with van der Waals surface area (Å²) in [6.45, 7) is 6.30. The predicted octanol–water partition coefficient (Wildman–Crippen LogP) is 7.87. The van der Waals surface area contributed by atoms with Gasteiger partial charge in [-0.15, -0.1) is 0 Å². The summed E-state index contributed by atoms with van der Waals surface area (Å²) in [6, 6.07) is 9.03. The molecule has 222 valence electrons. The first-order valence-electron chi connectivity index (χ1n) is 15.7. The fraction of sp³-hybridized carbons (Fsp3) is 0.629. The lowest BCUT2D eigenvalue weighted by Crippen LogP contribution is -2.57. The lowest BCUT2D eigenvalue weighted by molar-refractivity contribution is -0.182. The number of ether oxygens (including phenoxy) is 1. The minimum atomic E-state index is -1.08. The number of carbonyl (C=O) groups excluding carboxylic acids is 3. The number of hydrogen-bond acceptors (Lipinski definition) is 5. The second-order valence-corrected chi connectivity index (χ2v) is 13.9. The molecule has 0 aliphatic heterocycles. The van der Waals surface area contributed by atoms with Crippen molar-refractivity contribution in [1.82, 2.24) is 0 Å². The summed E-state index contributed by atoms with van der Waals surface area (Å²) in [5.41, 5.74) is 5.07. The van der Waals surface area contributed by atoms with Crippen molar-refractivity contribution in [3.63, 3.8) is 0 Å². The van der Waals surface area contributed by atoms with E-state index in [1.54, 1.807) is 6.92 Å². The van der Waals surface area contributed by atoms with Gasteiger partial charge in [0.25, 0.3) is 0 Å². The summed E-state index contributed by atoms with van der Waals surface area (Å²) in [7, 11) is 2.17. The SMILES string of the molecule is CC(=O)OC1(C(C)=O)CCC2C3CCC4=CC(=O)CCC4=C3C(c3ccc(N(C)CCCCCCBr)cc3)CC21C. The van der Waals surface area contributed by atoms with Gasteiger partial charge in [-0.1, -0.05) is 53.4 Å². The number of halogens is 1. The number of carbonyl (C=O) groups is 3. The van der Waals surface area contributed by atoms with E-state index in [4.69, 9.17) is 4.74 Å². The normalized spacial score (nSPS) is 30.7. The summed E-state index contributed by atoms with van der Waals surface area (Å²) in [5.74, 6) is 0.578. The maximum atomic E-state index is 13.4. The van der Waals surface area contributed by atoms with Gasteiger partial charge in [-0.25, -0.2) is 0 Å². The molecule has 4 aliphatic rings.